The Kier molecular flexibility index (Phi) is 5.78. The first-order valence-electron chi connectivity index (χ1n) is 6.38. The summed E-state index contributed by atoms with van der Waals surface area (Å²) in [5.41, 5.74) is 0.537. The summed E-state index contributed by atoms with van der Waals surface area (Å²) in [6.07, 6.45) is -6.30. The largest absolute Gasteiger partial charge is 0.497 e. The Hall–Kier alpha value is -2.25. The van der Waals surface area contributed by atoms with Crippen LogP contribution >= 0.6 is 0 Å². The Bertz CT molecular complexity index is 528. The maximum absolute atomic E-state index is 12.3. The van der Waals surface area contributed by atoms with Crippen molar-refractivity contribution in [2.75, 3.05) is 7.11 Å². The van der Waals surface area contributed by atoms with Gasteiger partial charge in [0.1, 0.15) is 11.8 Å². The van der Waals surface area contributed by atoms with Crippen LogP contribution in [0.4, 0.5) is 13.2 Å². The van der Waals surface area contributed by atoms with E-state index < -0.39 is 36.4 Å². The van der Waals surface area contributed by atoms with E-state index in [-0.39, 0.29) is 0 Å². The van der Waals surface area contributed by atoms with E-state index >= 15 is 0 Å². The third kappa shape index (κ3) is 5.27. The fourth-order valence-corrected chi connectivity index (χ4v) is 1.77. The molecule has 0 spiro atoms. The van der Waals surface area contributed by atoms with Crippen molar-refractivity contribution in [3.63, 3.8) is 0 Å². The van der Waals surface area contributed by atoms with E-state index in [0.29, 0.717) is 11.3 Å². The number of rotatable bonds is 6. The van der Waals surface area contributed by atoms with Crippen molar-refractivity contribution in [1.29, 1.82) is 0 Å². The SMILES string of the molecule is COc1ccc(C(C)C(=O)NC(CC(F)(F)F)C(=O)O)cc1. The molecule has 2 N–H and O–H groups in total. The molecule has 0 bridgehead atoms. The highest BCUT2D eigenvalue weighted by Crippen LogP contribution is 2.23. The Labute approximate surface area is 125 Å². The highest BCUT2D eigenvalue weighted by Gasteiger charge is 2.36. The van der Waals surface area contributed by atoms with E-state index in [0.717, 1.165) is 0 Å². The van der Waals surface area contributed by atoms with Crippen LogP contribution in [0.25, 0.3) is 0 Å². The molecule has 0 saturated carbocycles. The van der Waals surface area contributed by atoms with Crippen LogP contribution in [0.15, 0.2) is 24.3 Å². The van der Waals surface area contributed by atoms with E-state index in [1.165, 1.54) is 14.0 Å². The molecule has 122 valence electrons. The summed E-state index contributed by atoms with van der Waals surface area (Å²) < 4.78 is 41.8. The van der Waals surface area contributed by atoms with Crippen LogP contribution in [0.1, 0.15) is 24.8 Å². The van der Waals surface area contributed by atoms with E-state index in [1.54, 1.807) is 24.3 Å². The predicted octanol–water partition coefficient (Wildman–Crippen LogP) is 2.32. The van der Waals surface area contributed by atoms with Crippen LogP contribution in [-0.4, -0.2) is 36.3 Å². The van der Waals surface area contributed by atoms with Gasteiger partial charge in [0.25, 0.3) is 0 Å². The third-order valence-electron chi connectivity index (χ3n) is 3.06. The molecule has 2 unspecified atom stereocenters. The highest BCUT2D eigenvalue weighted by atomic mass is 19.4. The molecule has 1 amide bonds. The van der Waals surface area contributed by atoms with E-state index in [9.17, 15) is 22.8 Å². The molecule has 22 heavy (non-hydrogen) atoms. The van der Waals surface area contributed by atoms with E-state index in [4.69, 9.17) is 9.84 Å². The lowest BCUT2D eigenvalue weighted by Gasteiger charge is -2.19. The van der Waals surface area contributed by atoms with Crippen molar-refractivity contribution in [3.8, 4) is 5.75 Å². The summed E-state index contributed by atoms with van der Waals surface area (Å²) in [6, 6.07) is 4.37. The first-order chi connectivity index (χ1) is 10.1. The number of ether oxygens (including phenoxy) is 1. The number of nitrogens with one attached hydrogen (secondary N) is 1. The number of amides is 1. The zero-order valence-electron chi connectivity index (χ0n) is 12.0. The van der Waals surface area contributed by atoms with Crippen molar-refractivity contribution >= 4 is 11.9 Å². The number of carboxylic acids is 1. The van der Waals surface area contributed by atoms with Gasteiger partial charge < -0.3 is 15.2 Å². The quantitative estimate of drug-likeness (QED) is 0.844. The molecule has 5 nitrogen and oxygen atoms in total. The number of carboxylic acid groups (broad SMARTS) is 1. The molecule has 8 heteroatoms. The molecule has 0 aliphatic rings. The molecule has 0 saturated heterocycles. The molecule has 0 radical (unpaired) electrons. The molecule has 1 rings (SSSR count). The fourth-order valence-electron chi connectivity index (χ4n) is 1.77. The van der Waals surface area contributed by atoms with Gasteiger partial charge in [-0.25, -0.2) is 4.79 Å². The minimum Gasteiger partial charge on any atom is -0.497 e. The van der Waals surface area contributed by atoms with Crippen molar-refractivity contribution in [3.05, 3.63) is 29.8 Å². The summed E-state index contributed by atoms with van der Waals surface area (Å²) in [5, 5.41) is 10.7. The Morgan fingerprint density at radius 2 is 1.82 bits per heavy atom. The van der Waals surface area contributed by atoms with Gasteiger partial charge in [-0.3, -0.25) is 4.79 Å². The number of carbonyl (C=O) groups excluding carboxylic acids is 1. The monoisotopic (exact) mass is 319 g/mol. The van der Waals surface area contributed by atoms with Gasteiger partial charge in [0, 0.05) is 0 Å². The van der Waals surface area contributed by atoms with Crippen molar-refractivity contribution in [2.24, 2.45) is 0 Å². The summed E-state index contributed by atoms with van der Waals surface area (Å²) in [6.45, 7) is 1.48. The normalized spacial score (nSPS) is 14.0. The standard InChI is InChI=1S/C14H16F3NO4/c1-8(9-3-5-10(22-2)6-4-9)12(19)18-11(13(20)21)7-14(15,16)17/h3-6,8,11H,7H2,1-2H3,(H,18,19)(H,20,21). The molecule has 1 aromatic rings. The highest BCUT2D eigenvalue weighted by molar-refractivity contribution is 5.87. The Morgan fingerprint density at radius 3 is 2.23 bits per heavy atom. The van der Waals surface area contributed by atoms with Crippen molar-refractivity contribution in [2.45, 2.75) is 31.5 Å². The smallest absolute Gasteiger partial charge is 0.391 e. The van der Waals surface area contributed by atoms with Crippen LogP contribution in [0, 0.1) is 0 Å². The van der Waals surface area contributed by atoms with Gasteiger partial charge in [-0.05, 0) is 24.6 Å². The predicted molar refractivity (Wildman–Crippen MR) is 71.6 cm³/mol. The molecule has 1 aromatic carbocycles. The second kappa shape index (κ2) is 7.15. The molecule has 0 aromatic heterocycles. The van der Waals surface area contributed by atoms with E-state index in [1.807, 2.05) is 5.32 Å². The van der Waals surface area contributed by atoms with Gasteiger partial charge in [-0.1, -0.05) is 12.1 Å². The third-order valence-corrected chi connectivity index (χ3v) is 3.06. The minimum absolute atomic E-state index is 0.537. The van der Waals surface area contributed by atoms with Crippen LogP contribution in [0.5, 0.6) is 5.75 Å². The van der Waals surface area contributed by atoms with Gasteiger partial charge in [0.2, 0.25) is 5.91 Å². The van der Waals surface area contributed by atoms with Gasteiger partial charge in [-0.2, -0.15) is 13.2 Å². The zero-order valence-corrected chi connectivity index (χ0v) is 12.0. The average Bonchev–Trinajstić information content (AvgIpc) is 2.44. The number of aliphatic carboxylic acids is 1. The molecule has 0 aliphatic heterocycles. The number of methoxy groups -OCH3 is 1. The summed E-state index contributed by atoms with van der Waals surface area (Å²) >= 11 is 0. The molecular weight excluding hydrogens is 303 g/mol. The van der Waals surface area contributed by atoms with Gasteiger partial charge in [0.15, 0.2) is 0 Å². The van der Waals surface area contributed by atoms with E-state index in [2.05, 4.69) is 0 Å². The topological polar surface area (TPSA) is 75.6 Å². The second-order valence-electron chi connectivity index (χ2n) is 4.71. The molecule has 0 fully saturated rings. The number of carbonyl (C=O) groups is 2. The summed E-state index contributed by atoms with van der Waals surface area (Å²) in [4.78, 5) is 22.7. The first kappa shape index (κ1) is 17.8. The number of hydrogen-bond acceptors (Lipinski definition) is 3. The Morgan fingerprint density at radius 1 is 1.27 bits per heavy atom. The van der Waals surface area contributed by atoms with Crippen LogP contribution in [0.3, 0.4) is 0 Å². The van der Waals surface area contributed by atoms with Gasteiger partial charge >= 0.3 is 12.1 Å². The molecule has 0 aliphatic carbocycles. The maximum Gasteiger partial charge on any atom is 0.391 e. The number of benzene rings is 1. The molecule has 0 heterocycles. The lowest BCUT2D eigenvalue weighted by Crippen LogP contribution is -2.45. The number of halogens is 3. The molecular formula is C14H16F3NO4. The van der Waals surface area contributed by atoms with Gasteiger partial charge in [-0.15, -0.1) is 0 Å². The summed E-state index contributed by atoms with van der Waals surface area (Å²) in [5.74, 6) is -2.74. The van der Waals surface area contributed by atoms with Crippen molar-refractivity contribution in [1.82, 2.24) is 5.32 Å². The van der Waals surface area contributed by atoms with Crippen LogP contribution in [-0.2, 0) is 9.59 Å². The number of alkyl halides is 3. The van der Waals surface area contributed by atoms with Crippen LogP contribution in [0.2, 0.25) is 0 Å². The maximum atomic E-state index is 12.3. The zero-order chi connectivity index (χ0) is 16.9. The Balaban J connectivity index is 2.77. The number of hydrogen-bond donors (Lipinski definition) is 2. The fraction of sp³-hybridized carbons (Fsp3) is 0.429. The lowest BCUT2D eigenvalue weighted by atomic mass is 9.99. The first-order valence-corrected chi connectivity index (χ1v) is 6.38. The second-order valence-corrected chi connectivity index (χ2v) is 4.71. The average molecular weight is 319 g/mol. The molecule has 2 atom stereocenters. The van der Waals surface area contributed by atoms with Crippen molar-refractivity contribution < 1.29 is 32.6 Å². The van der Waals surface area contributed by atoms with Gasteiger partial charge in [0.05, 0.1) is 19.4 Å². The van der Waals surface area contributed by atoms with Crippen LogP contribution < -0.4 is 10.1 Å². The minimum atomic E-state index is -4.68. The summed E-state index contributed by atoms with van der Waals surface area (Å²) in [7, 11) is 1.47. The lowest BCUT2D eigenvalue weighted by molar-refractivity contribution is -0.160.